The van der Waals surface area contributed by atoms with Gasteiger partial charge in [-0.05, 0) is 31.5 Å². The largest absolute Gasteiger partial charge is 0.485 e. The van der Waals surface area contributed by atoms with Gasteiger partial charge in [-0.25, -0.2) is 9.97 Å². The average molecular weight is 229 g/mol. The van der Waals surface area contributed by atoms with E-state index < -0.39 is 0 Å². The molecule has 0 saturated heterocycles. The lowest BCUT2D eigenvalue weighted by Gasteiger charge is -2.12. The summed E-state index contributed by atoms with van der Waals surface area (Å²) in [7, 11) is 0. The third-order valence-corrected chi connectivity index (χ3v) is 2.61. The lowest BCUT2D eigenvalue weighted by Crippen LogP contribution is -2.04. The van der Waals surface area contributed by atoms with Crippen LogP contribution in [0.4, 0.5) is 5.69 Å². The van der Waals surface area contributed by atoms with E-state index in [4.69, 9.17) is 10.5 Å². The molecule has 4 heteroatoms. The Kier molecular flexibility index (Phi) is 3.23. The minimum Gasteiger partial charge on any atom is -0.485 e. The monoisotopic (exact) mass is 229 g/mol. The molecule has 0 fully saturated rings. The summed E-state index contributed by atoms with van der Waals surface area (Å²) in [5, 5.41) is 0. The van der Waals surface area contributed by atoms with E-state index in [0.717, 1.165) is 22.6 Å². The number of aromatic nitrogens is 2. The van der Waals surface area contributed by atoms with Gasteiger partial charge < -0.3 is 10.5 Å². The van der Waals surface area contributed by atoms with Gasteiger partial charge in [-0.1, -0.05) is 6.07 Å². The molecule has 0 unspecified atom stereocenters. The maximum atomic E-state index is 5.85. The minimum atomic E-state index is 0.353. The van der Waals surface area contributed by atoms with Gasteiger partial charge in [0.1, 0.15) is 12.4 Å². The third-order valence-electron chi connectivity index (χ3n) is 2.61. The number of aryl methyl sites for hydroxylation is 1. The topological polar surface area (TPSA) is 61.0 Å². The van der Waals surface area contributed by atoms with Crippen LogP contribution in [0.25, 0.3) is 0 Å². The van der Waals surface area contributed by atoms with E-state index in [2.05, 4.69) is 9.97 Å². The lowest BCUT2D eigenvalue weighted by molar-refractivity contribution is 0.292. The molecule has 0 spiro atoms. The molecule has 1 aromatic carbocycles. The van der Waals surface area contributed by atoms with E-state index in [1.807, 2.05) is 26.0 Å². The Bertz CT molecular complexity index is 512. The first kappa shape index (κ1) is 11.4. The second-order valence-corrected chi connectivity index (χ2v) is 3.88. The predicted molar refractivity (Wildman–Crippen MR) is 66.7 cm³/mol. The number of rotatable bonds is 3. The first-order valence-electron chi connectivity index (χ1n) is 5.43. The molecule has 0 radical (unpaired) electrons. The number of benzene rings is 1. The van der Waals surface area contributed by atoms with Crippen LogP contribution >= 0.6 is 0 Å². The van der Waals surface area contributed by atoms with E-state index in [1.165, 1.54) is 0 Å². The molecule has 0 amide bonds. The molecule has 2 rings (SSSR count). The van der Waals surface area contributed by atoms with Crippen LogP contribution < -0.4 is 10.5 Å². The normalized spacial score (nSPS) is 10.2. The van der Waals surface area contributed by atoms with Crippen molar-refractivity contribution in [3.8, 4) is 5.75 Å². The molecule has 1 heterocycles. The van der Waals surface area contributed by atoms with E-state index in [-0.39, 0.29) is 0 Å². The van der Waals surface area contributed by atoms with E-state index in [0.29, 0.717) is 12.4 Å². The van der Waals surface area contributed by atoms with Gasteiger partial charge in [0.2, 0.25) is 0 Å². The number of nitrogen functional groups attached to an aromatic ring is 1. The first-order chi connectivity index (χ1) is 8.18. The van der Waals surface area contributed by atoms with Gasteiger partial charge in [-0.2, -0.15) is 0 Å². The molecule has 2 aromatic rings. The molecule has 0 aliphatic rings. The number of nitrogens with zero attached hydrogens (tertiary/aromatic N) is 2. The van der Waals surface area contributed by atoms with Gasteiger partial charge in [-0.3, -0.25) is 0 Å². The smallest absolute Gasteiger partial charge is 0.166 e. The van der Waals surface area contributed by atoms with Crippen LogP contribution in [0.3, 0.4) is 0 Å². The molecule has 0 bridgehead atoms. The zero-order valence-corrected chi connectivity index (χ0v) is 9.97. The maximum Gasteiger partial charge on any atom is 0.166 e. The number of hydrogen-bond acceptors (Lipinski definition) is 4. The standard InChI is InChI=1S/C13H15N3O/c1-9-4-5-11(14)10(2)13(9)17-8-12-15-6-3-7-16-12/h3-7H,8,14H2,1-2H3. The van der Waals surface area contributed by atoms with Crippen LogP contribution in [0.15, 0.2) is 30.6 Å². The summed E-state index contributed by atoms with van der Waals surface area (Å²) >= 11 is 0. The molecule has 88 valence electrons. The number of anilines is 1. The summed E-state index contributed by atoms with van der Waals surface area (Å²) in [6, 6.07) is 5.61. The van der Waals surface area contributed by atoms with Gasteiger partial charge in [0.25, 0.3) is 0 Å². The zero-order chi connectivity index (χ0) is 12.3. The molecule has 2 N–H and O–H groups in total. The van der Waals surface area contributed by atoms with Crippen LogP contribution in [0.2, 0.25) is 0 Å². The zero-order valence-electron chi connectivity index (χ0n) is 9.97. The van der Waals surface area contributed by atoms with Crippen LogP contribution in [-0.2, 0) is 6.61 Å². The Balaban J connectivity index is 2.17. The van der Waals surface area contributed by atoms with Gasteiger partial charge >= 0.3 is 0 Å². The fraction of sp³-hybridized carbons (Fsp3) is 0.231. The Morgan fingerprint density at radius 1 is 1.18 bits per heavy atom. The predicted octanol–water partition coefficient (Wildman–Crippen LogP) is 2.25. The van der Waals surface area contributed by atoms with Gasteiger partial charge in [-0.15, -0.1) is 0 Å². The summed E-state index contributed by atoms with van der Waals surface area (Å²) < 4.78 is 5.73. The summed E-state index contributed by atoms with van der Waals surface area (Å²) in [5.74, 6) is 1.48. The molecule has 0 atom stereocenters. The minimum absolute atomic E-state index is 0.353. The van der Waals surface area contributed by atoms with Gasteiger partial charge in [0.15, 0.2) is 5.82 Å². The van der Waals surface area contributed by atoms with Crippen molar-refractivity contribution in [3.05, 3.63) is 47.5 Å². The van der Waals surface area contributed by atoms with Crippen LogP contribution in [0.1, 0.15) is 17.0 Å². The van der Waals surface area contributed by atoms with Crippen molar-refractivity contribution >= 4 is 5.69 Å². The van der Waals surface area contributed by atoms with Crippen molar-refractivity contribution in [3.63, 3.8) is 0 Å². The molecule has 4 nitrogen and oxygen atoms in total. The van der Waals surface area contributed by atoms with Crippen molar-refractivity contribution in [2.45, 2.75) is 20.5 Å². The number of hydrogen-bond donors (Lipinski definition) is 1. The quantitative estimate of drug-likeness (QED) is 0.820. The number of nitrogens with two attached hydrogens (primary N) is 1. The fourth-order valence-electron chi connectivity index (χ4n) is 1.61. The third kappa shape index (κ3) is 2.53. The Morgan fingerprint density at radius 2 is 1.88 bits per heavy atom. The second-order valence-electron chi connectivity index (χ2n) is 3.88. The molecule has 0 saturated carbocycles. The SMILES string of the molecule is Cc1ccc(N)c(C)c1OCc1ncccn1. The Hall–Kier alpha value is -2.10. The molecule has 1 aromatic heterocycles. The number of ether oxygens (including phenoxy) is 1. The van der Waals surface area contributed by atoms with Crippen molar-refractivity contribution in [1.82, 2.24) is 9.97 Å². The van der Waals surface area contributed by atoms with Gasteiger partial charge in [0, 0.05) is 23.6 Å². The highest BCUT2D eigenvalue weighted by molar-refractivity contribution is 5.56. The molecule has 0 aliphatic heterocycles. The van der Waals surface area contributed by atoms with Crippen molar-refractivity contribution in [2.75, 3.05) is 5.73 Å². The molecular weight excluding hydrogens is 214 g/mol. The van der Waals surface area contributed by atoms with Crippen LogP contribution in [0, 0.1) is 13.8 Å². The molecule has 17 heavy (non-hydrogen) atoms. The second kappa shape index (κ2) is 4.82. The molecular formula is C13H15N3O. The van der Waals surface area contributed by atoms with Crippen molar-refractivity contribution in [2.24, 2.45) is 0 Å². The van der Waals surface area contributed by atoms with E-state index in [9.17, 15) is 0 Å². The first-order valence-corrected chi connectivity index (χ1v) is 5.43. The Morgan fingerprint density at radius 3 is 2.59 bits per heavy atom. The fourth-order valence-corrected chi connectivity index (χ4v) is 1.61. The van der Waals surface area contributed by atoms with Crippen LogP contribution in [0.5, 0.6) is 5.75 Å². The summed E-state index contributed by atoms with van der Waals surface area (Å²) in [5.41, 5.74) is 8.60. The lowest BCUT2D eigenvalue weighted by atomic mass is 10.1. The van der Waals surface area contributed by atoms with E-state index in [1.54, 1.807) is 18.5 Å². The molecule has 0 aliphatic carbocycles. The highest BCUT2D eigenvalue weighted by Gasteiger charge is 2.07. The summed E-state index contributed by atoms with van der Waals surface area (Å²) in [6.45, 7) is 4.29. The van der Waals surface area contributed by atoms with Crippen LogP contribution in [-0.4, -0.2) is 9.97 Å². The maximum absolute atomic E-state index is 5.85. The summed E-state index contributed by atoms with van der Waals surface area (Å²) in [4.78, 5) is 8.22. The summed E-state index contributed by atoms with van der Waals surface area (Å²) in [6.07, 6.45) is 3.40. The highest BCUT2D eigenvalue weighted by atomic mass is 16.5. The highest BCUT2D eigenvalue weighted by Crippen LogP contribution is 2.27. The average Bonchev–Trinajstić information content (AvgIpc) is 2.35. The van der Waals surface area contributed by atoms with Gasteiger partial charge in [0.05, 0.1) is 0 Å². The van der Waals surface area contributed by atoms with Crippen molar-refractivity contribution < 1.29 is 4.74 Å². The van der Waals surface area contributed by atoms with Crippen molar-refractivity contribution in [1.29, 1.82) is 0 Å². The van der Waals surface area contributed by atoms with E-state index >= 15 is 0 Å². The Labute approximate surface area is 100 Å².